The summed E-state index contributed by atoms with van der Waals surface area (Å²) in [7, 11) is 0. The second kappa shape index (κ2) is 3.37. The van der Waals surface area contributed by atoms with E-state index in [0.717, 1.165) is 11.4 Å². The quantitative estimate of drug-likeness (QED) is 0.718. The maximum atomic E-state index is 4.46. The van der Waals surface area contributed by atoms with Crippen molar-refractivity contribution in [3.8, 4) is 0 Å². The summed E-state index contributed by atoms with van der Waals surface area (Å²) in [6.07, 6.45) is 3.24. The summed E-state index contributed by atoms with van der Waals surface area (Å²) in [5.74, 6) is 0.681. The molecule has 0 aliphatic carbocycles. The lowest BCUT2D eigenvalue weighted by molar-refractivity contribution is 0.884. The molecule has 0 N–H and O–H groups in total. The fourth-order valence-electron chi connectivity index (χ4n) is 1.49. The molecule has 0 fully saturated rings. The molecule has 0 saturated heterocycles. The zero-order valence-corrected chi connectivity index (χ0v) is 8.70. The Balaban J connectivity index is 2.01. The van der Waals surface area contributed by atoms with Crippen molar-refractivity contribution in [2.45, 2.75) is 6.92 Å². The Bertz CT molecular complexity index is 577. The number of aryl methyl sites for hydroxylation is 1. The van der Waals surface area contributed by atoms with Crippen LogP contribution in [0.3, 0.4) is 0 Å². The van der Waals surface area contributed by atoms with E-state index in [0.29, 0.717) is 5.82 Å². The molecule has 0 bridgehead atoms. The van der Waals surface area contributed by atoms with E-state index in [1.54, 1.807) is 17.2 Å². The number of hydrogen-bond acceptors (Lipinski definition) is 4. The van der Waals surface area contributed by atoms with Crippen molar-refractivity contribution >= 4 is 17.6 Å². The van der Waals surface area contributed by atoms with Gasteiger partial charge in [0, 0.05) is 0 Å². The van der Waals surface area contributed by atoms with Crippen molar-refractivity contribution in [3.63, 3.8) is 0 Å². The molecule has 0 radical (unpaired) electrons. The molecule has 5 heteroatoms. The Hall–Kier alpha value is -2.30. The van der Waals surface area contributed by atoms with E-state index < -0.39 is 0 Å². The Kier molecular flexibility index (Phi) is 1.89. The molecule has 2 aromatic rings. The van der Waals surface area contributed by atoms with Crippen LogP contribution >= 0.6 is 0 Å². The normalized spacial score (nSPS) is 15.7. The van der Waals surface area contributed by atoms with Crippen LogP contribution in [0.25, 0.3) is 0 Å². The summed E-state index contributed by atoms with van der Waals surface area (Å²) < 4.78 is 1.60. The minimum atomic E-state index is 0.681. The van der Waals surface area contributed by atoms with E-state index in [1.165, 1.54) is 5.56 Å². The van der Waals surface area contributed by atoms with E-state index in [4.69, 9.17) is 0 Å². The topological polar surface area (TPSA) is 55.4 Å². The number of fused-ring (bicyclic) bond motifs is 1. The Morgan fingerprint density at radius 3 is 2.81 bits per heavy atom. The summed E-state index contributed by atoms with van der Waals surface area (Å²) in [4.78, 5) is 4.46. The first-order chi connectivity index (χ1) is 7.83. The number of hydrogen-bond donors (Lipinski definition) is 0. The molecule has 16 heavy (non-hydrogen) atoms. The highest BCUT2D eigenvalue weighted by Crippen LogP contribution is 2.15. The van der Waals surface area contributed by atoms with Gasteiger partial charge in [0.1, 0.15) is 12.0 Å². The fourth-order valence-corrected chi connectivity index (χ4v) is 1.49. The van der Waals surface area contributed by atoms with Crippen LogP contribution in [0, 0.1) is 6.92 Å². The van der Waals surface area contributed by atoms with E-state index in [1.807, 2.05) is 31.2 Å². The van der Waals surface area contributed by atoms with Gasteiger partial charge in [0.25, 0.3) is 0 Å². The second-order valence-electron chi connectivity index (χ2n) is 3.58. The molecule has 3 rings (SSSR count). The van der Waals surface area contributed by atoms with Gasteiger partial charge in [0.2, 0.25) is 5.82 Å². The first-order valence-corrected chi connectivity index (χ1v) is 4.93. The number of rotatable bonds is 1. The maximum absolute atomic E-state index is 4.46. The maximum Gasteiger partial charge on any atom is 0.204 e. The summed E-state index contributed by atoms with van der Waals surface area (Å²) in [5.41, 5.74) is 2.84. The van der Waals surface area contributed by atoms with Crippen molar-refractivity contribution in [2.24, 2.45) is 10.1 Å². The van der Waals surface area contributed by atoms with Gasteiger partial charge in [-0.1, -0.05) is 17.7 Å². The van der Waals surface area contributed by atoms with Crippen LogP contribution in [0.15, 0.2) is 40.7 Å². The first-order valence-electron chi connectivity index (χ1n) is 4.93. The molecular weight excluding hydrogens is 202 g/mol. The molecule has 0 amide bonds. The van der Waals surface area contributed by atoms with Gasteiger partial charge >= 0.3 is 0 Å². The summed E-state index contributed by atoms with van der Waals surface area (Å²) in [6, 6.07) is 7.98. The average molecular weight is 211 g/mol. The minimum Gasteiger partial charge on any atom is -0.243 e. The largest absolute Gasteiger partial charge is 0.243 e. The lowest BCUT2D eigenvalue weighted by Crippen LogP contribution is -2.00. The standard InChI is InChI=1S/C11H9N5/c1-8-2-4-9(5-3-8)14-10-6-13-16-7-12-15-11(10)16/h2-7H,1H3. The predicted molar refractivity (Wildman–Crippen MR) is 61.3 cm³/mol. The van der Waals surface area contributed by atoms with E-state index in [9.17, 15) is 0 Å². The number of aliphatic imine (C=N–C) groups is 1. The molecule has 5 nitrogen and oxygen atoms in total. The van der Waals surface area contributed by atoms with Gasteiger partial charge in [-0.25, -0.2) is 4.99 Å². The highest BCUT2D eigenvalue weighted by Gasteiger charge is 2.15. The molecule has 78 valence electrons. The SMILES string of the molecule is Cc1ccc(N=C2C=Nn3cnnc32)cc1. The molecule has 0 atom stereocenters. The molecule has 0 unspecified atom stereocenters. The van der Waals surface area contributed by atoms with Crippen molar-refractivity contribution in [3.05, 3.63) is 42.0 Å². The van der Waals surface area contributed by atoms with E-state index in [-0.39, 0.29) is 0 Å². The highest BCUT2D eigenvalue weighted by molar-refractivity contribution is 6.38. The van der Waals surface area contributed by atoms with E-state index in [2.05, 4.69) is 20.3 Å². The van der Waals surface area contributed by atoms with Crippen LogP contribution < -0.4 is 0 Å². The summed E-state index contributed by atoms with van der Waals surface area (Å²) >= 11 is 0. The Morgan fingerprint density at radius 1 is 1.19 bits per heavy atom. The van der Waals surface area contributed by atoms with Crippen LogP contribution in [0.4, 0.5) is 5.69 Å². The van der Waals surface area contributed by atoms with Crippen LogP contribution in [-0.4, -0.2) is 26.8 Å². The molecule has 0 saturated carbocycles. The van der Waals surface area contributed by atoms with Gasteiger partial charge in [-0.3, -0.25) is 0 Å². The van der Waals surface area contributed by atoms with Crippen LogP contribution in [0.2, 0.25) is 0 Å². The monoisotopic (exact) mass is 211 g/mol. The second-order valence-corrected chi connectivity index (χ2v) is 3.58. The van der Waals surface area contributed by atoms with Crippen molar-refractivity contribution in [1.82, 2.24) is 14.9 Å². The lowest BCUT2D eigenvalue weighted by atomic mass is 10.2. The molecule has 1 aliphatic rings. The Labute approximate surface area is 92.2 Å². The first kappa shape index (κ1) is 8.96. The lowest BCUT2D eigenvalue weighted by Gasteiger charge is -1.95. The van der Waals surface area contributed by atoms with Crippen LogP contribution in [0.5, 0.6) is 0 Å². The van der Waals surface area contributed by atoms with Gasteiger partial charge in [0.15, 0.2) is 0 Å². The van der Waals surface area contributed by atoms with Crippen LogP contribution in [-0.2, 0) is 0 Å². The van der Waals surface area contributed by atoms with Gasteiger partial charge in [-0.05, 0) is 19.1 Å². The van der Waals surface area contributed by atoms with E-state index >= 15 is 0 Å². The van der Waals surface area contributed by atoms with Gasteiger partial charge in [0.05, 0.1) is 11.9 Å². The van der Waals surface area contributed by atoms with Gasteiger partial charge in [-0.2, -0.15) is 9.78 Å². The molecule has 0 spiro atoms. The smallest absolute Gasteiger partial charge is 0.204 e. The third-order valence-electron chi connectivity index (χ3n) is 2.35. The van der Waals surface area contributed by atoms with Gasteiger partial charge in [-0.15, -0.1) is 10.2 Å². The zero-order chi connectivity index (χ0) is 11.0. The zero-order valence-electron chi connectivity index (χ0n) is 8.70. The molecule has 1 aromatic heterocycles. The predicted octanol–water partition coefficient (Wildman–Crippen LogP) is 1.55. The molecular formula is C11H9N5. The fraction of sp³-hybridized carbons (Fsp3) is 0.0909. The van der Waals surface area contributed by atoms with Crippen molar-refractivity contribution in [2.75, 3.05) is 0 Å². The summed E-state index contributed by atoms with van der Waals surface area (Å²) in [5, 5.41) is 11.8. The average Bonchev–Trinajstić information content (AvgIpc) is 2.86. The molecule has 1 aliphatic heterocycles. The molecule has 2 heterocycles. The summed E-state index contributed by atoms with van der Waals surface area (Å²) in [6.45, 7) is 2.05. The minimum absolute atomic E-state index is 0.681. The number of nitrogens with zero attached hydrogens (tertiary/aromatic N) is 5. The third-order valence-corrected chi connectivity index (χ3v) is 2.35. The van der Waals surface area contributed by atoms with Gasteiger partial charge < -0.3 is 0 Å². The number of aromatic nitrogens is 3. The van der Waals surface area contributed by atoms with Crippen LogP contribution in [0.1, 0.15) is 11.4 Å². The third kappa shape index (κ3) is 1.42. The molecule has 1 aromatic carbocycles. The highest BCUT2D eigenvalue weighted by atomic mass is 15.5. The Morgan fingerprint density at radius 2 is 2.00 bits per heavy atom. The van der Waals surface area contributed by atoms with Crippen molar-refractivity contribution < 1.29 is 0 Å². The van der Waals surface area contributed by atoms with Crippen molar-refractivity contribution in [1.29, 1.82) is 0 Å². The number of benzene rings is 1.